The Morgan fingerprint density at radius 3 is 2.68 bits per heavy atom. The summed E-state index contributed by atoms with van der Waals surface area (Å²) in [5.74, 6) is -1.83. The minimum absolute atomic E-state index is 0.0753. The summed E-state index contributed by atoms with van der Waals surface area (Å²) < 4.78 is 13.3. The highest BCUT2D eigenvalue weighted by Crippen LogP contribution is 2.29. The zero-order chi connectivity index (χ0) is 16.4. The van der Waals surface area contributed by atoms with Gasteiger partial charge in [0.25, 0.3) is 5.91 Å². The number of halogens is 2. The molecule has 0 aliphatic rings. The standard InChI is InChI=1S/C15H16ClFN2O3/c1-8(2)19(6-5-12(20)21)15(22)14-13(16)10-7-9(17)3-4-11(10)18-14/h3-4,7-8,18H,5-6H2,1-2H3,(H,20,21). The van der Waals surface area contributed by atoms with Gasteiger partial charge in [-0.2, -0.15) is 0 Å². The first-order valence-electron chi connectivity index (χ1n) is 6.80. The number of nitrogens with zero attached hydrogens (tertiary/aromatic N) is 1. The third kappa shape index (κ3) is 3.22. The average molecular weight is 327 g/mol. The second-order valence-corrected chi connectivity index (χ2v) is 5.62. The van der Waals surface area contributed by atoms with Crippen LogP contribution in [-0.4, -0.2) is 39.5 Å². The van der Waals surface area contributed by atoms with Crippen molar-refractivity contribution in [2.45, 2.75) is 26.3 Å². The summed E-state index contributed by atoms with van der Waals surface area (Å²) >= 11 is 6.17. The van der Waals surface area contributed by atoms with Gasteiger partial charge in [0, 0.05) is 23.5 Å². The van der Waals surface area contributed by atoms with Crippen LogP contribution < -0.4 is 0 Å². The summed E-state index contributed by atoms with van der Waals surface area (Å²) in [4.78, 5) is 27.6. The van der Waals surface area contributed by atoms with Crippen molar-refractivity contribution in [1.82, 2.24) is 9.88 Å². The highest BCUT2D eigenvalue weighted by atomic mass is 35.5. The van der Waals surface area contributed by atoms with Gasteiger partial charge in [-0.25, -0.2) is 4.39 Å². The number of carbonyl (C=O) groups is 2. The van der Waals surface area contributed by atoms with Crippen molar-refractivity contribution in [3.05, 3.63) is 34.7 Å². The molecule has 22 heavy (non-hydrogen) atoms. The van der Waals surface area contributed by atoms with E-state index in [2.05, 4.69) is 4.98 Å². The maximum Gasteiger partial charge on any atom is 0.305 e. The van der Waals surface area contributed by atoms with Gasteiger partial charge in [0.1, 0.15) is 11.5 Å². The van der Waals surface area contributed by atoms with Gasteiger partial charge in [-0.05, 0) is 32.0 Å². The summed E-state index contributed by atoms with van der Waals surface area (Å²) in [6.45, 7) is 3.65. The molecule has 0 saturated heterocycles. The molecule has 1 heterocycles. The Morgan fingerprint density at radius 2 is 2.09 bits per heavy atom. The number of aliphatic carboxylic acids is 1. The molecule has 1 aromatic carbocycles. The van der Waals surface area contributed by atoms with E-state index in [0.717, 1.165) is 0 Å². The van der Waals surface area contributed by atoms with Crippen LogP contribution in [0.1, 0.15) is 30.8 Å². The van der Waals surface area contributed by atoms with Crippen LogP contribution in [0.5, 0.6) is 0 Å². The van der Waals surface area contributed by atoms with Gasteiger partial charge in [-0.15, -0.1) is 0 Å². The number of amides is 1. The molecule has 0 saturated carbocycles. The van der Waals surface area contributed by atoms with Crippen molar-refractivity contribution >= 4 is 34.4 Å². The van der Waals surface area contributed by atoms with Crippen LogP contribution >= 0.6 is 11.6 Å². The monoisotopic (exact) mass is 326 g/mol. The number of carbonyl (C=O) groups excluding carboxylic acids is 1. The maximum absolute atomic E-state index is 13.3. The van der Waals surface area contributed by atoms with E-state index in [9.17, 15) is 14.0 Å². The van der Waals surface area contributed by atoms with E-state index in [-0.39, 0.29) is 29.7 Å². The van der Waals surface area contributed by atoms with Crippen molar-refractivity contribution in [3.8, 4) is 0 Å². The lowest BCUT2D eigenvalue weighted by Gasteiger charge is -2.25. The zero-order valence-corrected chi connectivity index (χ0v) is 12.9. The Kier molecular flexibility index (Phi) is 4.71. The molecule has 0 fully saturated rings. The zero-order valence-electron chi connectivity index (χ0n) is 12.2. The first-order valence-corrected chi connectivity index (χ1v) is 7.18. The first kappa shape index (κ1) is 16.3. The maximum atomic E-state index is 13.3. The Bertz CT molecular complexity index is 727. The summed E-state index contributed by atoms with van der Waals surface area (Å²) in [6, 6.07) is 3.84. The van der Waals surface area contributed by atoms with Crippen molar-refractivity contribution in [1.29, 1.82) is 0 Å². The van der Waals surface area contributed by atoms with Gasteiger partial charge in [-0.1, -0.05) is 11.6 Å². The number of rotatable bonds is 5. The quantitative estimate of drug-likeness (QED) is 0.885. The molecule has 1 aromatic heterocycles. The molecule has 5 nitrogen and oxygen atoms in total. The van der Waals surface area contributed by atoms with Crippen LogP contribution in [-0.2, 0) is 4.79 Å². The van der Waals surface area contributed by atoms with Crippen LogP contribution in [0.3, 0.4) is 0 Å². The Hall–Kier alpha value is -2.08. The fourth-order valence-electron chi connectivity index (χ4n) is 2.23. The predicted molar refractivity (Wildman–Crippen MR) is 81.7 cm³/mol. The predicted octanol–water partition coefficient (Wildman–Crippen LogP) is 3.29. The minimum atomic E-state index is -0.983. The molecular weight excluding hydrogens is 311 g/mol. The molecular formula is C15H16ClFN2O3. The molecule has 0 radical (unpaired) electrons. The number of benzene rings is 1. The lowest BCUT2D eigenvalue weighted by Crippen LogP contribution is -2.38. The molecule has 0 aliphatic carbocycles. The van der Waals surface area contributed by atoms with Crippen LogP contribution in [0.25, 0.3) is 10.9 Å². The minimum Gasteiger partial charge on any atom is -0.481 e. The van der Waals surface area contributed by atoms with Crippen molar-refractivity contribution < 1.29 is 19.1 Å². The normalized spacial score (nSPS) is 11.1. The van der Waals surface area contributed by atoms with E-state index in [1.54, 1.807) is 13.8 Å². The third-order valence-corrected chi connectivity index (χ3v) is 3.75. The van der Waals surface area contributed by atoms with Crippen LogP contribution in [0.4, 0.5) is 4.39 Å². The van der Waals surface area contributed by atoms with Gasteiger partial charge in [-0.3, -0.25) is 9.59 Å². The molecule has 2 aromatic rings. The van der Waals surface area contributed by atoms with Gasteiger partial charge < -0.3 is 15.0 Å². The van der Waals surface area contributed by atoms with Gasteiger partial charge in [0.15, 0.2) is 0 Å². The summed E-state index contributed by atoms with van der Waals surface area (Å²) in [7, 11) is 0. The van der Waals surface area contributed by atoms with E-state index >= 15 is 0 Å². The van der Waals surface area contributed by atoms with Gasteiger partial charge >= 0.3 is 5.97 Å². The van der Waals surface area contributed by atoms with Gasteiger partial charge in [0.2, 0.25) is 0 Å². The fourth-order valence-corrected chi connectivity index (χ4v) is 2.52. The molecule has 2 N–H and O–H groups in total. The summed E-state index contributed by atoms with van der Waals surface area (Å²) in [6.07, 6.45) is -0.156. The number of aromatic amines is 1. The highest BCUT2D eigenvalue weighted by Gasteiger charge is 2.24. The van der Waals surface area contributed by atoms with Gasteiger partial charge in [0.05, 0.1) is 11.4 Å². The average Bonchev–Trinajstić information content (AvgIpc) is 2.75. The SMILES string of the molecule is CC(C)N(CCC(=O)O)C(=O)c1[nH]c2ccc(F)cc2c1Cl. The second kappa shape index (κ2) is 6.36. The number of H-pyrrole nitrogens is 1. The van der Waals surface area contributed by atoms with E-state index in [4.69, 9.17) is 16.7 Å². The number of carboxylic acid groups (broad SMARTS) is 1. The lowest BCUT2D eigenvalue weighted by atomic mass is 10.2. The van der Waals surface area contributed by atoms with Crippen LogP contribution in [0.15, 0.2) is 18.2 Å². The van der Waals surface area contributed by atoms with Crippen molar-refractivity contribution in [2.24, 2.45) is 0 Å². The summed E-state index contributed by atoms with van der Waals surface area (Å²) in [5, 5.41) is 9.34. The Morgan fingerprint density at radius 1 is 1.41 bits per heavy atom. The van der Waals surface area contributed by atoms with E-state index in [0.29, 0.717) is 10.9 Å². The molecule has 0 spiro atoms. The largest absolute Gasteiger partial charge is 0.481 e. The second-order valence-electron chi connectivity index (χ2n) is 5.24. The molecule has 1 amide bonds. The highest BCUT2D eigenvalue weighted by molar-refractivity contribution is 6.38. The topological polar surface area (TPSA) is 73.4 Å². The number of hydrogen-bond acceptors (Lipinski definition) is 2. The molecule has 118 valence electrons. The van der Waals surface area contributed by atoms with E-state index in [1.165, 1.54) is 23.1 Å². The van der Waals surface area contributed by atoms with E-state index < -0.39 is 17.7 Å². The van der Waals surface area contributed by atoms with Crippen molar-refractivity contribution in [3.63, 3.8) is 0 Å². The third-order valence-electron chi connectivity index (χ3n) is 3.36. The number of nitrogens with one attached hydrogen (secondary N) is 1. The number of fused-ring (bicyclic) bond motifs is 1. The Balaban J connectivity index is 2.38. The molecule has 0 bridgehead atoms. The Labute approximate surface area is 131 Å². The summed E-state index contributed by atoms with van der Waals surface area (Å²) in [5.41, 5.74) is 0.693. The molecule has 0 aliphatic heterocycles. The molecule has 0 unspecified atom stereocenters. The fraction of sp³-hybridized carbons (Fsp3) is 0.333. The number of aromatic nitrogens is 1. The smallest absolute Gasteiger partial charge is 0.305 e. The number of hydrogen-bond donors (Lipinski definition) is 2. The molecule has 2 rings (SSSR count). The number of carboxylic acids is 1. The molecule has 0 atom stereocenters. The lowest BCUT2D eigenvalue weighted by molar-refractivity contribution is -0.137. The van der Waals surface area contributed by atoms with Crippen LogP contribution in [0, 0.1) is 5.82 Å². The molecule has 7 heteroatoms. The van der Waals surface area contributed by atoms with Crippen LogP contribution in [0.2, 0.25) is 5.02 Å². The van der Waals surface area contributed by atoms with Crippen molar-refractivity contribution in [2.75, 3.05) is 6.54 Å². The van der Waals surface area contributed by atoms with E-state index in [1.807, 2.05) is 0 Å². The first-order chi connectivity index (χ1) is 10.3.